The molecule has 3 fully saturated rings. The molecule has 0 radical (unpaired) electrons. The second kappa shape index (κ2) is 10.5. The summed E-state index contributed by atoms with van der Waals surface area (Å²) in [6.45, 7) is 4.06. The largest absolute Gasteiger partial charge is 0.481 e. The molecule has 8 rings (SSSR count). The molecule has 2 unspecified atom stereocenters. The maximum Gasteiger partial charge on any atom is 0.212 e. The molecule has 0 aromatic carbocycles. The van der Waals surface area contributed by atoms with Crippen LogP contribution in [0.3, 0.4) is 0 Å². The summed E-state index contributed by atoms with van der Waals surface area (Å²) in [5.74, 6) is 2.18. The van der Waals surface area contributed by atoms with Crippen LogP contribution in [0, 0.1) is 11.3 Å². The van der Waals surface area contributed by atoms with Crippen molar-refractivity contribution in [3.8, 4) is 23.1 Å². The van der Waals surface area contributed by atoms with Crippen LogP contribution < -0.4 is 15.0 Å². The number of anilines is 2. The fourth-order valence-corrected chi connectivity index (χ4v) is 5.90. The van der Waals surface area contributed by atoms with E-state index in [4.69, 9.17) is 9.72 Å². The van der Waals surface area contributed by atoms with E-state index in [-0.39, 0.29) is 0 Å². The molecule has 1 N–H and O–H groups in total. The van der Waals surface area contributed by atoms with Gasteiger partial charge in [-0.25, -0.2) is 14.5 Å². The Morgan fingerprint density at radius 1 is 1.05 bits per heavy atom. The first kappa shape index (κ1) is 25.0. The molecule has 0 spiro atoms. The topological polar surface area (TPSA) is 125 Å². The summed E-state index contributed by atoms with van der Waals surface area (Å²) in [6, 6.07) is 15.5. The Morgan fingerprint density at radius 2 is 1.90 bits per heavy atom. The number of piperidine rings is 1. The number of nitrogens with zero attached hydrogens (tertiary/aromatic N) is 10. The minimum absolute atomic E-state index is 0.506. The third kappa shape index (κ3) is 4.70. The summed E-state index contributed by atoms with van der Waals surface area (Å²) < 4.78 is 8.81. The number of piperazine rings is 1. The van der Waals surface area contributed by atoms with Crippen molar-refractivity contribution in [1.29, 1.82) is 5.26 Å². The highest BCUT2D eigenvalue weighted by atomic mass is 16.5. The normalized spacial score (nSPS) is 18.2. The van der Waals surface area contributed by atoms with Gasteiger partial charge in [-0.05, 0) is 30.2 Å². The SMILES string of the molecule is COc1ccc(CN2C3CC2CN(c2ccc(-c4cccn5nc(NCCn6cnnc6)c(C#N)c45)cn2)C3)cn1. The number of ether oxygens (including phenoxy) is 1. The Kier molecular flexibility index (Phi) is 6.41. The number of hydrogen-bond donors (Lipinski definition) is 1. The molecular formula is C29H29N11O. The highest BCUT2D eigenvalue weighted by Gasteiger charge is 2.44. The zero-order valence-corrected chi connectivity index (χ0v) is 22.6. The third-order valence-corrected chi connectivity index (χ3v) is 8.00. The molecule has 3 aliphatic rings. The highest BCUT2D eigenvalue weighted by Crippen LogP contribution is 2.36. The molecule has 5 aromatic heterocycles. The zero-order chi connectivity index (χ0) is 27.8. The fraction of sp³-hybridized carbons (Fsp3) is 0.310. The molecule has 41 heavy (non-hydrogen) atoms. The van der Waals surface area contributed by atoms with Crippen LogP contribution in [0.15, 0.2) is 67.6 Å². The van der Waals surface area contributed by atoms with E-state index < -0.39 is 0 Å². The monoisotopic (exact) mass is 547 g/mol. The third-order valence-electron chi connectivity index (χ3n) is 8.00. The molecule has 206 valence electrons. The average Bonchev–Trinajstić information content (AvgIpc) is 3.68. The molecule has 3 aliphatic heterocycles. The second-order valence-corrected chi connectivity index (χ2v) is 10.4. The van der Waals surface area contributed by atoms with E-state index in [1.165, 1.54) is 12.0 Å². The Labute approximate surface area is 236 Å². The van der Waals surface area contributed by atoms with Gasteiger partial charge >= 0.3 is 0 Å². The Hall–Kier alpha value is -5.02. The molecule has 0 saturated carbocycles. The van der Waals surface area contributed by atoms with Gasteiger partial charge in [0, 0.05) is 80.6 Å². The number of nitrogens with one attached hydrogen (secondary N) is 1. The molecule has 8 heterocycles. The van der Waals surface area contributed by atoms with E-state index in [0.717, 1.165) is 42.1 Å². The van der Waals surface area contributed by atoms with Gasteiger partial charge in [0.25, 0.3) is 0 Å². The molecule has 3 saturated heterocycles. The van der Waals surface area contributed by atoms with Crippen molar-refractivity contribution in [2.75, 3.05) is 37.0 Å². The van der Waals surface area contributed by atoms with Gasteiger partial charge in [-0.2, -0.15) is 5.26 Å². The first-order valence-corrected chi connectivity index (χ1v) is 13.6. The zero-order valence-electron chi connectivity index (χ0n) is 22.6. The van der Waals surface area contributed by atoms with E-state index >= 15 is 0 Å². The molecule has 2 atom stereocenters. The number of hydrogen-bond acceptors (Lipinski definition) is 10. The van der Waals surface area contributed by atoms with Gasteiger partial charge in [-0.15, -0.1) is 15.3 Å². The number of rotatable bonds is 9. The summed E-state index contributed by atoms with van der Waals surface area (Å²) in [7, 11) is 1.64. The second-order valence-electron chi connectivity index (χ2n) is 10.4. The van der Waals surface area contributed by atoms with Gasteiger partial charge in [0.05, 0.1) is 12.6 Å². The van der Waals surface area contributed by atoms with E-state index in [1.807, 2.05) is 41.4 Å². The molecule has 12 heteroatoms. The number of aromatic nitrogens is 7. The standard InChI is InChI=1S/C29H29N11O/c1-41-27-7-4-20(13-33-27)15-39-22-11-23(39)17-38(16-22)26-6-5-21(14-32-26)24-3-2-9-40-28(24)25(12-30)29(36-40)31-8-10-37-18-34-35-19-37/h2-7,9,13-14,18-19,22-23H,8,10-11,15-17H2,1H3,(H,31,36). The highest BCUT2D eigenvalue weighted by molar-refractivity contribution is 5.87. The summed E-state index contributed by atoms with van der Waals surface area (Å²) in [5.41, 5.74) is 4.35. The first-order chi connectivity index (χ1) is 20.2. The summed E-state index contributed by atoms with van der Waals surface area (Å²) in [4.78, 5) is 14.1. The van der Waals surface area contributed by atoms with Gasteiger partial charge in [-0.3, -0.25) is 4.90 Å². The molecule has 5 aromatic rings. The lowest BCUT2D eigenvalue weighted by Crippen LogP contribution is -2.68. The van der Waals surface area contributed by atoms with Crippen LogP contribution in [0.1, 0.15) is 17.5 Å². The number of pyridine rings is 3. The van der Waals surface area contributed by atoms with Crippen molar-refractivity contribution in [2.24, 2.45) is 0 Å². The Morgan fingerprint density at radius 3 is 2.61 bits per heavy atom. The molecule has 0 aliphatic carbocycles. The fourth-order valence-electron chi connectivity index (χ4n) is 5.90. The van der Waals surface area contributed by atoms with Gasteiger partial charge in [0.2, 0.25) is 5.88 Å². The Bertz CT molecular complexity index is 1680. The van der Waals surface area contributed by atoms with Crippen LogP contribution in [-0.2, 0) is 13.1 Å². The molecule has 0 amide bonds. The first-order valence-electron chi connectivity index (χ1n) is 13.6. The maximum atomic E-state index is 10.0. The van der Waals surface area contributed by atoms with Crippen molar-refractivity contribution in [3.05, 3.63) is 78.8 Å². The van der Waals surface area contributed by atoms with Crippen molar-refractivity contribution in [2.45, 2.75) is 31.6 Å². The van der Waals surface area contributed by atoms with Crippen molar-refractivity contribution < 1.29 is 4.74 Å². The summed E-state index contributed by atoms with van der Waals surface area (Å²) in [6.07, 6.45) is 10.2. The number of methoxy groups -OCH3 is 1. The van der Waals surface area contributed by atoms with Crippen LogP contribution in [0.25, 0.3) is 16.6 Å². The maximum absolute atomic E-state index is 10.0. The smallest absolute Gasteiger partial charge is 0.212 e. The van der Waals surface area contributed by atoms with Crippen LogP contribution in [0.5, 0.6) is 5.88 Å². The minimum Gasteiger partial charge on any atom is -0.481 e. The predicted octanol–water partition coefficient (Wildman–Crippen LogP) is 2.84. The van der Waals surface area contributed by atoms with Crippen molar-refractivity contribution >= 4 is 17.2 Å². The van der Waals surface area contributed by atoms with E-state index in [2.05, 4.69) is 59.7 Å². The van der Waals surface area contributed by atoms with Gasteiger partial charge in [0.1, 0.15) is 30.1 Å². The lowest BCUT2D eigenvalue weighted by Gasteiger charge is -2.56. The average molecular weight is 548 g/mol. The summed E-state index contributed by atoms with van der Waals surface area (Å²) in [5, 5.41) is 25.6. The van der Waals surface area contributed by atoms with Crippen molar-refractivity contribution in [3.63, 3.8) is 0 Å². The Balaban J connectivity index is 1.05. The lowest BCUT2D eigenvalue weighted by molar-refractivity contribution is -0.00876. The van der Waals surface area contributed by atoms with E-state index in [1.54, 1.807) is 24.3 Å². The van der Waals surface area contributed by atoms with Crippen LogP contribution >= 0.6 is 0 Å². The van der Waals surface area contributed by atoms with Gasteiger partial charge in [0.15, 0.2) is 5.82 Å². The van der Waals surface area contributed by atoms with Gasteiger partial charge in [-0.1, -0.05) is 12.1 Å². The van der Waals surface area contributed by atoms with Crippen LogP contribution in [0.2, 0.25) is 0 Å². The number of nitriles is 1. The summed E-state index contributed by atoms with van der Waals surface area (Å²) >= 11 is 0. The molecule has 12 nitrogen and oxygen atoms in total. The predicted molar refractivity (Wildman–Crippen MR) is 152 cm³/mol. The quantitative estimate of drug-likeness (QED) is 0.294. The molecular weight excluding hydrogens is 518 g/mol. The van der Waals surface area contributed by atoms with E-state index in [9.17, 15) is 5.26 Å². The van der Waals surface area contributed by atoms with Crippen LogP contribution in [-0.4, -0.2) is 78.1 Å². The molecule has 2 bridgehead atoms. The minimum atomic E-state index is 0.506. The van der Waals surface area contributed by atoms with E-state index in [0.29, 0.717) is 42.4 Å². The van der Waals surface area contributed by atoms with Crippen molar-refractivity contribution in [1.82, 2.24) is 39.2 Å². The van der Waals surface area contributed by atoms with Crippen LogP contribution in [0.4, 0.5) is 11.6 Å². The lowest BCUT2D eigenvalue weighted by atomic mass is 9.87. The number of fused-ring (bicyclic) bond motifs is 3. The van der Waals surface area contributed by atoms with Gasteiger partial charge < -0.3 is 19.5 Å².